The molecule has 192 valence electrons. The number of para-hydroxylation sites is 1. The number of ether oxygens (including phenoxy) is 2. The normalized spacial score (nSPS) is 14.4. The van der Waals surface area contributed by atoms with Crippen LogP contribution < -0.4 is 9.47 Å². The van der Waals surface area contributed by atoms with Crippen molar-refractivity contribution in [3.63, 3.8) is 0 Å². The van der Waals surface area contributed by atoms with Crippen molar-refractivity contribution in [3.05, 3.63) is 77.5 Å². The standard InChI is InChI=1S/C30H32FN3O3/c1-18(2)21-16-22(20-8-5-6-9-25(20)36-3)23-17-24(33-29(23)27(21)31)30(35)34-14-11-19(12-15-34)28-26(37-4)10-7-13-32-28/h5-10,13,16-19,33H,11-12,14-15H2,1-4H3. The van der Waals surface area contributed by atoms with Crippen LogP contribution in [0.4, 0.5) is 4.39 Å². The molecule has 1 fully saturated rings. The van der Waals surface area contributed by atoms with Crippen molar-refractivity contribution in [2.45, 2.75) is 38.5 Å². The number of amides is 1. The van der Waals surface area contributed by atoms with Crippen LogP contribution >= 0.6 is 0 Å². The minimum atomic E-state index is -0.316. The summed E-state index contributed by atoms with van der Waals surface area (Å²) in [6.45, 7) is 5.12. The summed E-state index contributed by atoms with van der Waals surface area (Å²) in [5, 5.41) is 0.669. The second kappa shape index (κ2) is 10.2. The first kappa shape index (κ1) is 24.8. The number of pyridine rings is 1. The summed E-state index contributed by atoms with van der Waals surface area (Å²) in [6.07, 6.45) is 3.36. The number of hydrogen-bond acceptors (Lipinski definition) is 4. The summed E-state index contributed by atoms with van der Waals surface area (Å²) < 4.78 is 26.7. The van der Waals surface area contributed by atoms with Crippen molar-refractivity contribution in [1.82, 2.24) is 14.9 Å². The number of piperidine rings is 1. The minimum Gasteiger partial charge on any atom is -0.496 e. The first-order chi connectivity index (χ1) is 17.9. The first-order valence-corrected chi connectivity index (χ1v) is 12.7. The molecule has 1 aliphatic heterocycles. The van der Waals surface area contributed by atoms with Gasteiger partial charge < -0.3 is 19.4 Å². The van der Waals surface area contributed by atoms with E-state index in [-0.39, 0.29) is 23.6 Å². The van der Waals surface area contributed by atoms with E-state index < -0.39 is 0 Å². The molecule has 3 heterocycles. The molecule has 37 heavy (non-hydrogen) atoms. The molecule has 1 aliphatic rings. The third-order valence-electron chi connectivity index (χ3n) is 7.32. The minimum absolute atomic E-state index is 0.0251. The maximum atomic E-state index is 15.6. The third kappa shape index (κ3) is 4.54. The fourth-order valence-corrected chi connectivity index (χ4v) is 5.31. The van der Waals surface area contributed by atoms with Gasteiger partial charge in [-0.15, -0.1) is 0 Å². The van der Waals surface area contributed by atoms with Crippen LogP contribution in [0.1, 0.15) is 60.3 Å². The zero-order valence-electron chi connectivity index (χ0n) is 21.7. The topological polar surface area (TPSA) is 67.5 Å². The highest BCUT2D eigenvalue weighted by Gasteiger charge is 2.29. The molecule has 0 spiro atoms. The van der Waals surface area contributed by atoms with E-state index in [1.807, 2.05) is 61.2 Å². The lowest BCUT2D eigenvalue weighted by atomic mass is 9.92. The van der Waals surface area contributed by atoms with Crippen molar-refractivity contribution in [2.24, 2.45) is 0 Å². The van der Waals surface area contributed by atoms with Crippen LogP contribution in [-0.4, -0.2) is 48.1 Å². The summed E-state index contributed by atoms with van der Waals surface area (Å²) in [7, 11) is 3.28. The molecule has 7 heteroatoms. The zero-order valence-corrected chi connectivity index (χ0v) is 21.7. The number of rotatable bonds is 6. The summed E-state index contributed by atoms with van der Waals surface area (Å²) in [4.78, 5) is 23.0. The largest absolute Gasteiger partial charge is 0.496 e. The number of aromatic nitrogens is 2. The molecular weight excluding hydrogens is 469 g/mol. The van der Waals surface area contributed by atoms with Crippen molar-refractivity contribution in [3.8, 4) is 22.6 Å². The number of fused-ring (bicyclic) bond motifs is 1. The summed E-state index contributed by atoms with van der Waals surface area (Å²) >= 11 is 0. The highest BCUT2D eigenvalue weighted by molar-refractivity contribution is 6.04. The van der Waals surface area contributed by atoms with Gasteiger partial charge in [-0.1, -0.05) is 32.0 Å². The Labute approximate surface area is 216 Å². The van der Waals surface area contributed by atoms with E-state index in [4.69, 9.17) is 9.47 Å². The third-order valence-corrected chi connectivity index (χ3v) is 7.32. The number of halogens is 1. The molecule has 0 atom stereocenters. The first-order valence-electron chi connectivity index (χ1n) is 12.7. The van der Waals surface area contributed by atoms with E-state index in [0.29, 0.717) is 41.0 Å². The van der Waals surface area contributed by atoms with Crippen molar-refractivity contribution < 1.29 is 18.7 Å². The van der Waals surface area contributed by atoms with Gasteiger partial charge in [0.15, 0.2) is 5.82 Å². The van der Waals surface area contributed by atoms with E-state index in [9.17, 15) is 4.79 Å². The average molecular weight is 502 g/mol. The van der Waals surface area contributed by atoms with Crippen molar-refractivity contribution in [2.75, 3.05) is 27.3 Å². The van der Waals surface area contributed by atoms with E-state index in [1.54, 1.807) is 26.5 Å². The van der Waals surface area contributed by atoms with Crippen LogP contribution in [0.15, 0.2) is 54.7 Å². The fraction of sp³-hybridized carbons (Fsp3) is 0.333. The number of carbonyl (C=O) groups is 1. The number of methoxy groups -OCH3 is 2. The Morgan fingerprint density at radius 2 is 1.73 bits per heavy atom. The van der Waals surface area contributed by atoms with E-state index in [2.05, 4.69) is 9.97 Å². The van der Waals surface area contributed by atoms with Gasteiger partial charge >= 0.3 is 0 Å². The Kier molecular flexibility index (Phi) is 6.87. The highest BCUT2D eigenvalue weighted by atomic mass is 19.1. The SMILES string of the molecule is COc1ccccc1-c1cc(C(C)C)c(F)c2[nH]c(C(=O)N3CCC(c4ncccc4OC)CC3)cc12. The molecule has 6 nitrogen and oxygen atoms in total. The Balaban J connectivity index is 1.48. The predicted octanol–water partition coefficient (Wildman–Crippen LogP) is 6.53. The van der Waals surface area contributed by atoms with Gasteiger partial charge in [-0.3, -0.25) is 9.78 Å². The molecule has 1 N–H and O–H groups in total. The number of aromatic amines is 1. The van der Waals surface area contributed by atoms with Crippen LogP contribution in [-0.2, 0) is 0 Å². The lowest BCUT2D eigenvalue weighted by Gasteiger charge is -2.32. The van der Waals surface area contributed by atoms with Crippen LogP contribution in [0.3, 0.4) is 0 Å². The average Bonchev–Trinajstić information content (AvgIpc) is 3.39. The number of nitrogens with zero attached hydrogens (tertiary/aromatic N) is 2. The number of benzene rings is 2. The van der Waals surface area contributed by atoms with Crippen molar-refractivity contribution in [1.29, 1.82) is 0 Å². The smallest absolute Gasteiger partial charge is 0.270 e. The molecule has 0 saturated carbocycles. The Hall–Kier alpha value is -3.87. The van der Waals surface area contributed by atoms with Gasteiger partial charge in [-0.25, -0.2) is 4.39 Å². The number of carbonyl (C=O) groups excluding carboxylic acids is 1. The molecule has 4 aromatic rings. The lowest BCUT2D eigenvalue weighted by Crippen LogP contribution is -2.38. The maximum absolute atomic E-state index is 15.6. The van der Waals surface area contributed by atoms with Crippen LogP contribution in [0, 0.1) is 5.82 Å². The summed E-state index contributed by atoms with van der Waals surface area (Å²) in [5.74, 6) is 1.24. The predicted molar refractivity (Wildman–Crippen MR) is 143 cm³/mol. The highest BCUT2D eigenvalue weighted by Crippen LogP contribution is 2.40. The van der Waals surface area contributed by atoms with Gasteiger partial charge in [0.1, 0.15) is 17.2 Å². The van der Waals surface area contributed by atoms with E-state index >= 15 is 4.39 Å². The maximum Gasteiger partial charge on any atom is 0.270 e. The number of nitrogens with one attached hydrogen (secondary N) is 1. The number of hydrogen-bond donors (Lipinski definition) is 1. The van der Waals surface area contributed by atoms with E-state index in [1.165, 1.54) is 0 Å². The zero-order chi connectivity index (χ0) is 26.1. The second-order valence-electron chi connectivity index (χ2n) is 9.81. The van der Waals surface area contributed by atoms with Gasteiger partial charge in [0.05, 0.1) is 25.4 Å². The van der Waals surface area contributed by atoms with Gasteiger partial charge in [0.25, 0.3) is 5.91 Å². The molecular formula is C30H32FN3O3. The van der Waals surface area contributed by atoms with Crippen LogP contribution in [0.25, 0.3) is 22.0 Å². The van der Waals surface area contributed by atoms with Gasteiger partial charge in [0.2, 0.25) is 0 Å². The van der Waals surface area contributed by atoms with Gasteiger partial charge in [-0.2, -0.15) is 0 Å². The Bertz CT molecular complexity index is 1440. The molecule has 2 aromatic heterocycles. The summed E-state index contributed by atoms with van der Waals surface area (Å²) in [5.41, 5.74) is 3.98. The summed E-state index contributed by atoms with van der Waals surface area (Å²) in [6, 6.07) is 15.1. The molecule has 0 bridgehead atoms. The van der Waals surface area contributed by atoms with Crippen LogP contribution in [0.2, 0.25) is 0 Å². The van der Waals surface area contributed by atoms with E-state index in [0.717, 1.165) is 35.4 Å². The van der Waals surface area contributed by atoms with Crippen LogP contribution in [0.5, 0.6) is 11.5 Å². The number of likely N-dealkylation sites (tertiary alicyclic amines) is 1. The quantitative estimate of drug-likeness (QED) is 0.326. The Morgan fingerprint density at radius 3 is 2.43 bits per heavy atom. The monoisotopic (exact) mass is 501 g/mol. The molecule has 1 saturated heterocycles. The second-order valence-corrected chi connectivity index (χ2v) is 9.81. The molecule has 5 rings (SSSR count). The Morgan fingerprint density at radius 1 is 1.03 bits per heavy atom. The lowest BCUT2D eigenvalue weighted by molar-refractivity contribution is 0.0706. The van der Waals surface area contributed by atoms with Gasteiger partial charge in [-0.05, 0) is 60.2 Å². The number of H-pyrrole nitrogens is 1. The molecule has 2 aromatic carbocycles. The molecule has 1 amide bonds. The van der Waals surface area contributed by atoms with Gasteiger partial charge in [0, 0.05) is 36.2 Å². The molecule has 0 aliphatic carbocycles. The van der Waals surface area contributed by atoms with Crippen molar-refractivity contribution >= 4 is 16.8 Å². The molecule has 0 unspecified atom stereocenters. The fourth-order valence-electron chi connectivity index (χ4n) is 5.31. The molecule has 0 radical (unpaired) electrons.